The van der Waals surface area contributed by atoms with Crippen LogP contribution >= 0.6 is 0 Å². The molecule has 1 fully saturated rings. The van der Waals surface area contributed by atoms with Gasteiger partial charge in [0.1, 0.15) is 0 Å². The molecule has 2 aromatic rings. The molecule has 0 bridgehead atoms. The Morgan fingerprint density at radius 2 is 1.88 bits per heavy atom. The molecule has 1 aromatic carbocycles. The van der Waals surface area contributed by atoms with Crippen molar-refractivity contribution in [1.29, 1.82) is 0 Å². The number of carbonyl (C=O) groups is 1. The van der Waals surface area contributed by atoms with Gasteiger partial charge >= 0.3 is 0 Å². The van der Waals surface area contributed by atoms with Gasteiger partial charge in [0.25, 0.3) is 0 Å². The Morgan fingerprint density at radius 3 is 2.46 bits per heavy atom. The Hall–Kier alpha value is -2.30. The van der Waals surface area contributed by atoms with Crippen LogP contribution in [0.4, 0.5) is 5.69 Å². The molecule has 1 aliphatic heterocycles. The van der Waals surface area contributed by atoms with Crippen LogP contribution in [0.5, 0.6) is 0 Å². The third-order valence-electron chi connectivity index (χ3n) is 3.98. The lowest BCUT2D eigenvalue weighted by atomic mass is 10.2. The minimum atomic E-state index is -3.80. The van der Waals surface area contributed by atoms with Gasteiger partial charge in [0.05, 0.1) is 16.3 Å². The highest BCUT2D eigenvalue weighted by Gasteiger charge is 2.36. The lowest BCUT2D eigenvalue weighted by molar-refractivity contribution is -0.116. The summed E-state index contributed by atoms with van der Waals surface area (Å²) in [7, 11) is -7.48. The van der Waals surface area contributed by atoms with Crippen molar-refractivity contribution in [3.8, 4) is 0 Å². The van der Waals surface area contributed by atoms with Crippen molar-refractivity contribution in [3.63, 3.8) is 0 Å². The number of hydrogen-bond acceptors (Lipinski definition) is 6. The molecule has 3 rings (SSSR count). The average Bonchev–Trinajstić information content (AvgIpc) is 2.86. The molecule has 0 unspecified atom stereocenters. The predicted octanol–water partition coefficient (Wildman–Crippen LogP) is 0.935. The summed E-state index contributed by atoms with van der Waals surface area (Å²) in [6.45, 7) is 1.66. The maximum absolute atomic E-state index is 12.5. The number of aromatic nitrogens is 1. The zero-order chi connectivity index (χ0) is 18.9. The van der Waals surface area contributed by atoms with E-state index in [1.165, 1.54) is 18.2 Å². The molecule has 1 aromatic heterocycles. The highest BCUT2D eigenvalue weighted by Crippen LogP contribution is 2.28. The van der Waals surface area contributed by atoms with E-state index >= 15 is 0 Å². The van der Waals surface area contributed by atoms with Gasteiger partial charge in [-0.3, -0.25) is 9.78 Å². The molecule has 1 aliphatic rings. The standard InChI is InChI=1S/C16H17N3O5S2/c1-12-10-14(19-16(20)6-9-25(19,21)22)2-3-15(12)26(23,24)18-11-13-4-7-17-8-5-13/h2-5,7-8,10,18H,6,9,11H2,1H3. The first kappa shape index (κ1) is 18.5. The van der Waals surface area contributed by atoms with Crippen LogP contribution in [-0.2, 0) is 31.4 Å². The number of nitrogens with zero attached hydrogens (tertiary/aromatic N) is 2. The molecule has 10 heteroatoms. The van der Waals surface area contributed by atoms with Gasteiger partial charge in [0, 0.05) is 25.4 Å². The maximum Gasteiger partial charge on any atom is 0.242 e. The Kier molecular flexibility index (Phi) is 4.82. The molecule has 2 heterocycles. The quantitative estimate of drug-likeness (QED) is 0.806. The fourth-order valence-corrected chi connectivity index (χ4v) is 5.38. The topological polar surface area (TPSA) is 114 Å². The minimum absolute atomic E-state index is 0.0272. The van der Waals surface area contributed by atoms with E-state index < -0.39 is 26.0 Å². The van der Waals surface area contributed by atoms with Gasteiger partial charge in [-0.15, -0.1) is 0 Å². The normalized spacial score (nSPS) is 16.8. The Bertz CT molecular complexity index is 1050. The van der Waals surface area contributed by atoms with Crippen LogP contribution in [0, 0.1) is 6.92 Å². The lowest BCUT2D eigenvalue weighted by Crippen LogP contribution is -2.29. The summed E-state index contributed by atoms with van der Waals surface area (Å²) >= 11 is 0. The first-order valence-electron chi connectivity index (χ1n) is 7.76. The average molecular weight is 395 g/mol. The van der Waals surface area contributed by atoms with E-state index in [1.54, 1.807) is 31.5 Å². The van der Waals surface area contributed by atoms with Crippen molar-refractivity contribution < 1.29 is 21.6 Å². The van der Waals surface area contributed by atoms with Gasteiger partial charge < -0.3 is 0 Å². The molecule has 26 heavy (non-hydrogen) atoms. The Labute approximate surface area is 152 Å². The highest BCUT2D eigenvalue weighted by atomic mass is 32.2. The Morgan fingerprint density at radius 1 is 1.19 bits per heavy atom. The molecular formula is C16H17N3O5S2. The second-order valence-electron chi connectivity index (χ2n) is 5.85. The van der Waals surface area contributed by atoms with Crippen LogP contribution < -0.4 is 9.03 Å². The molecule has 1 saturated heterocycles. The summed E-state index contributed by atoms with van der Waals surface area (Å²) in [6, 6.07) is 7.42. The van der Waals surface area contributed by atoms with E-state index in [0.29, 0.717) is 5.56 Å². The van der Waals surface area contributed by atoms with Gasteiger partial charge in [0.2, 0.25) is 26.0 Å². The van der Waals surface area contributed by atoms with Gasteiger partial charge in [-0.25, -0.2) is 25.9 Å². The molecule has 1 amide bonds. The third-order valence-corrected chi connectivity index (χ3v) is 7.23. The zero-order valence-corrected chi connectivity index (χ0v) is 15.5. The number of nitrogens with one attached hydrogen (secondary N) is 1. The molecule has 138 valence electrons. The van der Waals surface area contributed by atoms with E-state index in [2.05, 4.69) is 9.71 Å². The molecule has 8 nitrogen and oxygen atoms in total. The predicted molar refractivity (Wildman–Crippen MR) is 95.3 cm³/mol. The second kappa shape index (κ2) is 6.78. The molecule has 0 saturated carbocycles. The number of rotatable bonds is 5. The third kappa shape index (κ3) is 3.62. The summed E-state index contributed by atoms with van der Waals surface area (Å²) in [5, 5.41) is 0. The summed E-state index contributed by atoms with van der Waals surface area (Å²) in [5.41, 5.74) is 1.25. The van der Waals surface area contributed by atoms with Crippen molar-refractivity contribution in [2.24, 2.45) is 0 Å². The fourth-order valence-electron chi connectivity index (χ4n) is 2.69. The van der Waals surface area contributed by atoms with Gasteiger partial charge in [-0.2, -0.15) is 0 Å². The monoisotopic (exact) mass is 395 g/mol. The van der Waals surface area contributed by atoms with Crippen molar-refractivity contribution >= 4 is 31.6 Å². The zero-order valence-electron chi connectivity index (χ0n) is 13.9. The van der Waals surface area contributed by atoms with Crippen LogP contribution in [0.2, 0.25) is 0 Å². The number of benzene rings is 1. The van der Waals surface area contributed by atoms with Crippen LogP contribution in [-0.4, -0.2) is 33.5 Å². The van der Waals surface area contributed by atoms with Crippen LogP contribution in [0.1, 0.15) is 17.5 Å². The fraction of sp³-hybridized carbons (Fsp3) is 0.250. The number of amides is 1. The van der Waals surface area contributed by atoms with Gasteiger partial charge in [0.15, 0.2) is 0 Å². The number of anilines is 1. The molecule has 0 atom stereocenters. The number of sulfonamides is 2. The minimum Gasteiger partial charge on any atom is -0.273 e. The summed E-state index contributed by atoms with van der Waals surface area (Å²) < 4.78 is 52.3. The summed E-state index contributed by atoms with van der Waals surface area (Å²) in [4.78, 5) is 15.7. The molecule has 0 radical (unpaired) electrons. The maximum atomic E-state index is 12.5. The van der Waals surface area contributed by atoms with Crippen molar-refractivity contribution in [3.05, 3.63) is 53.9 Å². The van der Waals surface area contributed by atoms with Gasteiger partial charge in [-0.05, 0) is 48.4 Å². The van der Waals surface area contributed by atoms with Crippen LogP contribution in [0.3, 0.4) is 0 Å². The highest BCUT2D eigenvalue weighted by molar-refractivity contribution is 7.94. The van der Waals surface area contributed by atoms with Crippen molar-refractivity contribution in [2.75, 3.05) is 10.1 Å². The first-order chi connectivity index (χ1) is 12.2. The van der Waals surface area contributed by atoms with E-state index in [-0.39, 0.29) is 29.3 Å². The van der Waals surface area contributed by atoms with E-state index in [9.17, 15) is 21.6 Å². The SMILES string of the molecule is Cc1cc(N2C(=O)CCS2(=O)=O)ccc1S(=O)(=O)NCc1ccncc1. The number of aryl methyl sites for hydroxylation is 1. The van der Waals surface area contributed by atoms with Crippen LogP contribution in [0.25, 0.3) is 0 Å². The summed E-state index contributed by atoms with van der Waals surface area (Å²) in [5.74, 6) is -0.755. The first-order valence-corrected chi connectivity index (χ1v) is 10.8. The van der Waals surface area contributed by atoms with Crippen molar-refractivity contribution in [2.45, 2.75) is 24.8 Å². The van der Waals surface area contributed by atoms with E-state index in [1.807, 2.05) is 0 Å². The number of carbonyl (C=O) groups excluding carboxylic acids is 1. The van der Waals surface area contributed by atoms with E-state index in [0.717, 1.165) is 9.87 Å². The van der Waals surface area contributed by atoms with Gasteiger partial charge in [-0.1, -0.05) is 0 Å². The number of pyridine rings is 1. The summed E-state index contributed by atoms with van der Waals surface area (Å²) in [6.07, 6.45) is 3.06. The molecule has 1 N–H and O–H groups in total. The Balaban J connectivity index is 1.86. The van der Waals surface area contributed by atoms with Crippen LogP contribution in [0.15, 0.2) is 47.6 Å². The largest absolute Gasteiger partial charge is 0.273 e. The van der Waals surface area contributed by atoms with E-state index in [4.69, 9.17) is 0 Å². The van der Waals surface area contributed by atoms with Crippen molar-refractivity contribution in [1.82, 2.24) is 9.71 Å². The second-order valence-corrected chi connectivity index (χ2v) is 9.53. The molecule has 0 aliphatic carbocycles. The molecule has 0 spiro atoms. The molecular weight excluding hydrogens is 378 g/mol. The smallest absolute Gasteiger partial charge is 0.242 e. The number of hydrogen-bond donors (Lipinski definition) is 1. The lowest BCUT2D eigenvalue weighted by Gasteiger charge is -2.17.